The van der Waals surface area contributed by atoms with Crippen molar-refractivity contribution < 1.29 is 0 Å². The first-order valence-electron chi connectivity index (χ1n) is 3.89. The van der Waals surface area contributed by atoms with Crippen molar-refractivity contribution in [3.8, 4) is 0 Å². The molecule has 1 aliphatic rings. The molecule has 0 bridgehead atoms. The summed E-state index contributed by atoms with van der Waals surface area (Å²) < 4.78 is 2.27. The van der Waals surface area contributed by atoms with Gasteiger partial charge >= 0.3 is 0 Å². The van der Waals surface area contributed by atoms with Gasteiger partial charge in [-0.1, -0.05) is 17.8 Å². The number of pyridine rings is 1. The molecule has 0 aromatic carbocycles. The molecule has 2 aromatic heterocycles. The fraction of sp³-hybridized carbons (Fsp3) is 0. The molecule has 12 heavy (non-hydrogen) atoms. The molecule has 58 valence electrons. The number of aromatic nitrogens is 1. The topological polar surface area (TPSA) is 4.41 Å². The van der Waals surface area contributed by atoms with Crippen molar-refractivity contribution in [2.24, 2.45) is 0 Å². The third-order valence-electron chi connectivity index (χ3n) is 2.10. The average Bonchev–Trinajstić information content (AvgIpc) is 2.52. The van der Waals surface area contributed by atoms with E-state index < -0.39 is 0 Å². The van der Waals surface area contributed by atoms with Gasteiger partial charge in [0.25, 0.3) is 0 Å². The zero-order valence-electron chi connectivity index (χ0n) is 6.40. The maximum Gasteiger partial charge on any atom is 0.0840 e. The van der Waals surface area contributed by atoms with Gasteiger partial charge in [-0.15, -0.1) is 0 Å². The van der Waals surface area contributed by atoms with E-state index in [0.717, 1.165) is 0 Å². The van der Waals surface area contributed by atoms with Gasteiger partial charge in [0.15, 0.2) is 0 Å². The van der Waals surface area contributed by atoms with E-state index >= 15 is 0 Å². The second-order valence-electron chi connectivity index (χ2n) is 2.80. The maximum absolute atomic E-state index is 2.27. The highest BCUT2D eigenvalue weighted by Crippen LogP contribution is 2.28. The standard InChI is InChI=1S/C10H7NS/c1-2-8-4-5-9-6-7-12-10(3-1)11(8)9/h1-7H. The lowest BCUT2D eigenvalue weighted by Crippen LogP contribution is -1.92. The lowest BCUT2D eigenvalue weighted by Gasteiger charge is -2.08. The first-order chi connectivity index (χ1) is 5.95. The summed E-state index contributed by atoms with van der Waals surface area (Å²) >= 11 is 1.77. The van der Waals surface area contributed by atoms with Gasteiger partial charge in [-0.25, -0.2) is 0 Å². The zero-order chi connectivity index (χ0) is 7.97. The molecule has 0 amide bonds. The van der Waals surface area contributed by atoms with E-state index in [1.54, 1.807) is 11.8 Å². The molecule has 1 aliphatic heterocycles. The van der Waals surface area contributed by atoms with Crippen LogP contribution in [-0.4, -0.2) is 4.40 Å². The van der Waals surface area contributed by atoms with Crippen molar-refractivity contribution in [3.63, 3.8) is 0 Å². The zero-order valence-corrected chi connectivity index (χ0v) is 7.21. The first kappa shape index (κ1) is 6.38. The van der Waals surface area contributed by atoms with Crippen LogP contribution in [0.5, 0.6) is 0 Å². The van der Waals surface area contributed by atoms with Crippen LogP contribution in [0.3, 0.4) is 0 Å². The Morgan fingerprint density at radius 2 is 2.08 bits per heavy atom. The molecule has 0 spiro atoms. The Morgan fingerprint density at radius 1 is 1.08 bits per heavy atom. The van der Waals surface area contributed by atoms with Crippen molar-refractivity contribution >= 4 is 23.4 Å². The molecule has 0 N–H and O–H groups in total. The van der Waals surface area contributed by atoms with Crippen molar-refractivity contribution in [3.05, 3.63) is 41.4 Å². The van der Waals surface area contributed by atoms with E-state index in [4.69, 9.17) is 0 Å². The van der Waals surface area contributed by atoms with Crippen LogP contribution in [0, 0.1) is 0 Å². The molecule has 3 rings (SSSR count). The van der Waals surface area contributed by atoms with Gasteiger partial charge in [0, 0.05) is 11.2 Å². The van der Waals surface area contributed by atoms with Gasteiger partial charge in [-0.2, -0.15) is 0 Å². The average molecular weight is 173 g/mol. The quantitative estimate of drug-likeness (QED) is 0.592. The summed E-state index contributed by atoms with van der Waals surface area (Å²) in [5.41, 5.74) is 2.55. The van der Waals surface area contributed by atoms with Crippen LogP contribution in [0.15, 0.2) is 40.8 Å². The summed E-state index contributed by atoms with van der Waals surface area (Å²) in [6.07, 6.45) is 2.14. The summed E-state index contributed by atoms with van der Waals surface area (Å²) in [6.45, 7) is 0. The Labute approximate surface area is 74.7 Å². The Kier molecular flexibility index (Phi) is 1.15. The van der Waals surface area contributed by atoms with Crippen LogP contribution < -0.4 is 0 Å². The van der Waals surface area contributed by atoms with Crippen LogP contribution in [0.2, 0.25) is 0 Å². The molecule has 2 heteroatoms. The molecule has 0 radical (unpaired) electrons. The Morgan fingerprint density at radius 3 is 3.08 bits per heavy atom. The second kappa shape index (κ2) is 2.17. The van der Waals surface area contributed by atoms with Crippen molar-refractivity contribution in [2.45, 2.75) is 5.03 Å². The first-order valence-corrected chi connectivity index (χ1v) is 4.77. The van der Waals surface area contributed by atoms with Gasteiger partial charge in [0.2, 0.25) is 0 Å². The fourth-order valence-corrected chi connectivity index (χ4v) is 2.37. The van der Waals surface area contributed by atoms with Crippen LogP contribution in [0.25, 0.3) is 11.6 Å². The summed E-state index contributed by atoms with van der Waals surface area (Å²) in [6, 6.07) is 10.7. The third kappa shape index (κ3) is 0.703. The minimum atomic E-state index is 1.28. The highest BCUT2D eigenvalue weighted by atomic mass is 32.2. The second-order valence-corrected chi connectivity index (χ2v) is 3.73. The molecular formula is C10H7NS. The Balaban J connectivity index is 2.57. The monoisotopic (exact) mass is 173 g/mol. The molecule has 0 atom stereocenters. The van der Waals surface area contributed by atoms with Gasteiger partial charge in [-0.3, -0.25) is 0 Å². The Bertz CT molecular complexity index is 468. The Hall–Kier alpha value is -1.15. The number of hydrogen-bond donors (Lipinski definition) is 0. The number of thioether (sulfide) groups is 1. The number of rotatable bonds is 0. The summed E-state index contributed by atoms with van der Waals surface area (Å²) in [4.78, 5) is 0. The summed E-state index contributed by atoms with van der Waals surface area (Å²) in [7, 11) is 0. The van der Waals surface area contributed by atoms with Gasteiger partial charge < -0.3 is 4.40 Å². The predicted octanol–water partition coefficient (Wildman–Crippen LogP) is 3.02. The molecule has 2 aromatic rings. The van der Waals surface area contributed by atoms with Crippen LogP contribution >= 0.6 is 11.8 Å². The van der Waals surface area contributed by atoms with Gasteiger partial charge in [-0.05, 0) is 35.7 Å². The van der Waals surface area contributed by atoms with E-state index in [1.165, 1.54) is 16.2 Å². The van der Waals surface area contributed by atoms with E-state index in [1.807, 2.05) is 0 Å². The number of hydrogen-bond acceptors (Lipinski definition) is 1. The molecule has 0 saturated carbocycles. The molecule has 0 fully saturated rings. The summed E-state index contributed by atoms with van der Waals surface area (Å²) in [5, 5.41) is 3.43. The third-order valence-corrected chi connectivity index (χ3v) is 2.93. The van der Waals surface area contributed by atoms with E-state index in [0.29, 0.717) is 0 Å². The van der Waals surface area contributed by atoms with Gasteiger partial charge in [0.1, 0.15) is 0 Å². The maximum atomic E-state index is 2.27. The van der Waals surface area contributed by atoms with Crippen molar-refractivity contribution in [2.75, 3.05) is 0 Å². The fourth-order valence-electron chi connectivity index (χ4n) is 1.55. The SMILES string of the molecule is C1=Cc2ccc3cccc(n23)S1. The molecule has 0 unspecified atom stereocenters. The lowest BCUT2D eigenvalue weighted by molar-refractivity contribution is 1.02. The van der Waals surface area contributed by atoms with Crippen molar-refractivity contribution in [1.82, 2.24) is 4.40 Å². The molecule has 3 heterocycles. The van der Waals surface area contributed by atoms with E-state index in [9.17, 15) is 0 Å². The normalized spacial score (nSPS) is 14.0. The van der Waals surface area contributed by atoms with Crippen LogP contribution in [0.1, 0.15) is 5.69 Å². The minimum Gasteiger partial charge on any atom is -0.305 e. The predicted molar refractivity (Wildman–Crippen MR) is 52.3 cm³/mol. The van der Waals surface area contributed by atoms with Gasteiger partial charge in [0.05, 0.1) is 5.03 Å². The lowest BCUT2D eigenvalue weighted by atomic mass is 10.4. The highest BCUT2D eigenvalue weighted by Gasteiger charge is 2.06. The van der Waals surface area contributed by atoms with E-state index in [2.05, 4.69) is 46.2 Å². The van der Waals surface area contributed by atoms with Crippen LogP contribution in [0.4, 0.5) is 0 Å². The molecule has 0 saturated heterocycles. The summed E-state index contributed by atoms with van der Waals surface area (Å²) in [5.74, 6) is 0. The van der Waals surface area contributed by atoms with Crippen molar-refractivity contribution in [1.29, 1.82) is 0 Å². The smallest absolute Gasteiger partial charge is 0.0840 e. The molecular weight excluding hydrogens is 166 g/mol. The largest absolute Gasteiger partial charge is 0.305 e. The van der Waals surface area contributed by atoms with Crippen LogP contribution in [-0.2, 0) is 0 Å². The molecule has 1 nitrogen and oxygen atoms in total. The highest BCUT2D eigenvalue weighted by molar-refractivity contribution is 8.02. The minimum absolute atomic E-state index is 1.28. The molecule has 0 aliphatic carbocycles. The number of nitrogens with zero attached hydrogens (tertiary/aromatic N) is 1. The van der Waals surface area contributed by atoms with E-state index in [-0.39, 0.29) is 0 Å².